The van der Waals surface area contributed by atoms with Crippen LogP contribution in [-0.4, -0.2) is 23.6 Å². The number of halogens is 1. The number of aliphatic hydroxyl groups is 1. The van der Waals surface area contributed by atoms with Gasteiger partial charge in [-0.25, -0.2) is 4.39 Å². The summed E-state index contributed by atoms with van der Waals surface area (Å²) in [6, 6.07) is 3.72. The minimum absolute atomic E-state index is 0.0753. The molecule has 0 aliphatic carbocycles. The number of rotatable bonds is 4. The fourth-order valence-corrected chi connectivity index (χ4v) is 1.11. The Labute approximate surface area is 87.5 Å². The predicted octanol–water partition coefficient (Wildman–Crippen LogP) is 1.79. The molecule has 0 amide bonds. The number of hydrogen-bond donors (Lipinski definition) is 1. The minimum atomic E-state index is -0.630. The number of ether oxygens (including phenoxy) is 1. The van der Waals surface area contributed by atoms with E-state index in [0.717, 1.165) is 6.07 Å². The lowest BCUT2D eigenvalue weighted by molar-refractivity contribution is 0.0995. The molecule has 0 heterocycles. The van der Waals surface area contributed by atoms with Gasteiger partial charge in [0.05, 0.1) is 11.7 Å². The van der Waals surface area contributed by atoms with E-state index in [9.17, 15) is 9.18 Å². The van der Waals surface area contributed by atoms with E-state index in [1.165, 1.54) is 19.1 Å². The Morgan fingerprint density at radius 3 is 2.80 bits per heavy atom. The van der Waals surface area contributed by atoms with Crippen molar-refractivity contribution in [3.05, 3.63) is 29.6 Å². The van der Waals surface area contributed by atoms with Crippen molar-refractivity contribution in [2.45, 2.75) is 20.0 Å². The van der Waals surface area contributed by atoms with E-state index in [1.807, 2.05) is 0 Å². The van der Waals surface area contributed by atoms with Crippen LogP contribution in [0.4, 0.5) is 4.39 Å². The summed E-state index contributed by atoms with van der Waals surface area (Å²) in [6.45, 7) is 2.98. The highest BCUT2D eigenvalue weighted by molar-refractivity contribution is 5.96. The Balaban J connectivity index is 2.91. The lowest BCUT2D eigenvalue weighted by Gasteiger charge is -2.11. The van der Waals surface area contributed by atoms with Crippen LogP contribution in [0.3, 0.4) is 0 Å². The van der Waals surface area contributed by atoms with Crippen LogP contribution >= 0.6 is 0 Å². The first-order chi connectivity index (χ1) is 7.00. The number of aliphatic hydroxyl groups excluding tert-OH is 1. The van der Waals surface area contributed by atoms with Gasteiger partial charge in [-0.05, 0) is 32.0 Å². The first-order valence-electron chi connectivity index (χ1n) is 4.62. The normalized spacial score (nSPS) is 12.3. The predicted molar refractivity (Wildman–Crippen MR) is 53.6 cm³/mol. The Morgan fingerprint density at radius 2 is 2.27 bits per heavy atom. The van der Waals surface area contributed by atoms with Gasteiger partial charge in [0.2, 0.25) is 0 Å². The van der Waals surface area contributed by atoms with E-state index >= 15 is 0 Å². The SMILES string of the molecule is CC(=O)c1cc(F)ccc1OCC(C)O. The molecule has 0 aromatic heterocycles. The Bertz CT molecular complexity index is 361. The van der Waals surface area contributed by atoms with Crippen molar-refractivity contribution >= 4 is 5.78 Å². The van der Waals surface area contributed by atoms with Gasteiger partial charge < -0.3 is 9.84 Å². The fourth-order valence-electron chi connectivity index (χ4n) is 1.11. The molecule has 0 bridgehead atoms. The molecular formula is C11H13FO3. The minimum Gasteiger partial charge on any atom is -0.490 e. The summed E-state index contributed by atoms with van der Waals surface area (Å²) in [6.07, 6.45) is -0.630. The van der Waals surface area contributed by atoms with Gasteiger partial charge in [-0.15, -0.1) is 0 Å². The van der Waals surface area contributed by atoms with Gasteiger partial charge in [0.1, 0.15) is 18.2 Å². The number of Topliss-reactive ketones (excluding diaryl/α,β-unsaturated/α-hetero) is 1. The second-order valence-corrected chi connectivity index (χ2v) is 3.36. The van der Waals surface area contributed by atoms with Gasteiger partial charge in [-0.3, -0.25) is 4.79 Å². The van der Waals surface area contributed by atoms with Gasteiger partial charge in [0, 0.05) is 0 Å². The lowest BCUT2D eigenvalue weighted by Crippen LogP contribution is -2.14. The molecule has 0 fully saturated rings. The molecule has 4 heteroatoms. The zero-order chi connectivity index (χ0) is 11.4. The number of hydrogen-bond acceptors (Lipinski definition) is 3. The maximum atomic E-state index is 12.8. The summed E-state index contributed by atoms with van der Waals surface area (Å²) in [7, 11) is 0. The second-order valence-electron chi connectivity index (χ2n) is 3.36. The van der Waals surface area contributed by atoms with Gasteiger partial charge in [0.15, 0.2) is 5.78 Å². The van der Waals surface area contributed by atoms with E-state index in [-0.39, 0.29) is 18.0 Å². The summed E-state index contributed by atoms with van der Waals surface area (Å²) in [5.41, 5.74) is 0.190. The average Bonchev–Trinajstić information content (AvgIpc) is 2.15. The van der Waals surface area contributed by atoms with Crippen LogP contribution < -0.4 is 4.74 Å². The highest BCUT2D eigenvalue weighted by Gasteiger charge is 2.10. The standard InChI is InChI=1S/C11H13FO3/c1-7(13)6-15-11-4-3-9(12)5-10(11)8(2)14/h3-5,7,13H,6H2,1-2H3. The molecule has 0 radical (unpaired) electrons. The molecule has 1 atom stereocenters. The Morgan fingerprint density at radius 1 is 1.60 bits per heavy atom. The summed E-state index contributed by atoms with van der Waals surface area (Å²) >= 11 is 0. The summed E-state index contributed by atoms with van der Waals surface area (Å²) < 4.78 is 18.0. The summed E-state index contributed by atoms with van der Waals surface area (Å²) in [5, 5.41) is 9.01. The van der Waals surface area contributed by atoms with Crippen LogP contribution in [0.5, 0.6) is 5.75 Å². The number of benzene rings is 1. The van der Waals surface area contributed by atoms with Crippen LogP contribution in [0, 0.1) is 5.82 Å². The maximum absolute atomic E-state index is 12.8. The molecule has 0 saturated carbocycles. The van der Waals surface area contributed by atoms with Crippen LogP contribution in [0.2, 0.25) is 0 Å². The van der Waals surface area contributed by atoms with Gasteiger partial charge in [0.25, 0.3) is 0 Å². The van der Waals surface area contributed by atoms with Crippen LogP contribution in [0.1, 0.15) is 24.2 Å². The van der Waals surface area contributed by atoms with Crippen molar-refractivity contribution in [2.24, 2.45) is 0 Å². The van der Waals surface area contributed by atoms with Crippen LogP contribution in [0.25, 0.3) is 0 Å². The zero-order valence-corrected chi connectivity index (χ0v) is 8.66. The summed E-state index contributed by atoms with van der Waals surface area (Å²) in [5.74, 6) is -0.454. The quantitative estimate of drug-likeness (QED) is 0.774. The fraction of sp³-hybridized carbons (Fsp3) is 0.364. The van der Waals surface area contributed by atoms with Crippen molar-refractivity contribution < 1.29 is 19.0 Å². The molecule has 1 unspecified atom stereocenters. The van der Waals surface area contributed by atoms with Crippen LogP contribution in [-0.2, 0) is 0 Å². The number of ketones is 1. The zero-order valence-electron chi connectivity index (χ0n) is 8.66. The molecule has 3 nitrogen and oxygen atoms in total. The first kappa shape index (κ1) is 11.7. The molecule has 0 aliphatic heterocycles. The molecule has 1 N–H and O–H groups in total. The maximum Gasteiger partial charge on any atom is 0.163 e. The van der Waals surface area contributed by atoms with Crippen molar-refractivity contribution in [1.29, 1.82) is 0 Å². The van der Waals surface area contributed by atoms with E-state index < -0.39 is 11.9 Å². The highest BCUT2D eigenvalue weighted by Crippen LogP contribution is 2.20. The van der Waals surface area contributed by atoms with Crippen molar-refractivity contribution in [3.63, 3.8) is 0 Å². The third-order valence-electron chi connectivity index (χ3n) is 1.80. The van der Waals surface area contributed by atoms with Gasteiger partial charge in [-0.2, -0.15) is 0 Å². The third-order valence-corrected chi connectivity index (χ3v) is 1.80. The first-order valence-corrected chi connectivity index (χ1v) is 4.62. The van der Waals surface area contributed by atoms with E-state index in [2.05, 4.69) is 0 Å². The van der Waals surface area contributed by atoms with E-state index in [4.69, 9.17) is 9.84 Å². The molecular weight excluding hydrogens is 199 g/mol. The highest BCUT2D eigenvalue weighted by atomic mass is 19.1. The molecule has 0 aliphatic rings. The van der Waals surface area contributed by atoms with Crippen molar-refractivity contribution in [1.82, 2.24) is 0 Å². The second kappa shape index (κ2) is 4.89. The monoisotopic (exact) mass is 212 g/mol. The topological polar surface area (TPSA) is 46.5 Å². The van der Waals surface area contributed by atoms with Crippen LogP contribution in [0.15, 0.2) is 18.2 Å². The van der Waals surface area contributed by atoms with Crippen molar-refractivity contribution in [3.8, 4) is 5.75 Å². The van der Waals surface area contributed by atoms with E-state index in [0.29, 0.717) is 5.75 Å². The molecule has 1 rings (SSSR count). The molecule has 15 heavy (non-hydrogen) atoms. The lowest BCUT2D eigenvalue weighted by atomic mass is 10.1. The third kappa shape index (κ3) is 3.32. The number of carbonyl (C=O) groups excluding carboxylic acids is 1. The molecule has 1 aromatic rings. The Kier molecular flexibility index (Phi) is 3.80. The molecule has 1 aromatic carbocycles. The smallest absolute Gasteiger partial charge is 0.163 e. The molecule has 0 spiro atoms. The van der Waals surface area contributed by atoms with Gasteiger partial charge >= 0.3 is 0 Å². The Hall–Kier alpha value is -1.42. The molecule has 82 valence electrons. The van der Waals surface area contributed by atoms with E-state index in [1.54, 1.807) is 6.92 Å². The largest absolute Gasteiger partial charge is 0.490 e. The number of carbonyl (C=O) groups is 1. The van der Waals surface area contributed by atoms with Gasteiger partial charge in [-0.1, -0.05) is 0 Å². The van der Waals surface area contributed by atoms with Crippen molar-refractivity contribution in [2.75, 3.05) is 6.61 Å². The average molecular weight is 212 g/mol. The molecule has 0 saturated heterocycles. The summed E-state index contributed by atoms with van der Waals surface area (Å²) in [4.78, 5) is 11.2.